The highest BCUT2D eigenvalue weighted by molar-refractivity contribution is 6.21. The molecule has 0 saturated heterocycles. The van der Waals surface area contributed by atoms with Crippen LogP contribution < -0.4 is 0 Å². The van der Waals surface area contributed by atoms with Crippen molar-refractivity contribution in [1.29, 1.82) is 0 Å². The van der Waals surface area contributed by atoms with Crippen molar-refractivity contribution in [2.75, 3.05) is 26.0 Å². The van der Waals surface area contributed by atoms with Gasteiger partial charge in [-0.3, -0.25) is 0 Å². The molecule has 0 radical (unpaired) electrons. The molecule has 0 N–H and O–H groups in total. The monoisotopic (exact) mass is 267 g/mol. The maximum atomic E-state index is 6.25. The summed E-state index contributed by atoms with van der Waals surface area (Å²) >= 11 is 11.9. The van der Waals surface area contributed by atoms with Crippen LogP contribution in [0.2, 0.25) is 0 Å². The minimum Gasteiger partial charge on any atom is -0.303 e. The Bertz CT molecular complexity index is 253. The maximum Gasteiger partial charge on any atom is 0.0712 e. The van der Waals surface area contributed by atoms with Crippen LogP contribution in [0.25, 0.3) is 0 Å². The van der Waals surface area contributed by atoms with Gasteiger partial charge in [-0.05, 0) is 12.6 Å². The topological polar surface area (TPSA) is 3.24 Å². The summed E-state index contributed by atoms with van der Waals surface area (Å²) in [6.45, 7) is 1.70. The van der Waals surface area contributed by atoms with E-state index in [0.29, 0.717) is 5.88 Å². The molecule has 0 aromatic heterocycles. The van der Waals surface area contributed by atoms with Gasteiger partial charge in [0.15, 0.2) is 0 Å². The lowest BCUT2D eigenvalue weighted by Gasteiger charge is -2.18. The van der Waals surface area contributed by atoms with E-state index in [9.17, 15) is 0 Å². The Morgan fingerprint density at radius 1 is 1.27 bits per heavy atom. The molecule has 0 aliphatic rings. The summed E-state index contributed by atoms with van der Waals surface area (Å²) in [6, 6.07) is 10.1. The van der Waals surface area contributed by atoms with Gasteiger partial charge in [0.1, 0.15) is 0 Å². The zero-order chi connectivity index (χ0) is 10.4. The Hall–Kier alpha value is 0.0500. The molecule has 0 amide bonds. The van der Waals surface area contributed by atoms with Crippen LogP contribution in [0.5, 0.6) is 0 Å². The summed E-state index contributed by atoms with van der Waals surface area (Å²) in [4.78, 5) is 2.14. The Morgan fingerprint density at radius 2 is 1.87 bits per heavy atom. The molecule has 0 heterocycles. The second-order valence-corrected chi connectivity index (χ2v) is 4.23. The van der Waals surface area contributed by atoms with E-state index in [1.54, 1.807) is 0 Å². The predicted molar refractivity (Wildman–Crippen MR) is 70.5 cm³/mol. The summed E-state index contributed by atoms with van der Waals surface area (Å²) in [5, 5.41) is 0.0458. The first-order valence-electron chi connectivity index (χ1n) is 4.67. The zero-order valence-electron chi connectivity index (χ0n) is 8.70. The van der Waals surface area contributed by atoms with Crippen molar-refractivity contribution < 1.29 is 0 Å². The second-order valence-electron chi connectivity index (χ2n) is 3.33. The molecule has 0 spiro atoms. The molecular weight excluding hydrogens is 252 g/mol. The number of alkyl halides is 2. The third-order valence-corrected chi connectivity index (χ3v) is 2.66. The molecule has 1 aromatic rings. The summed E-state index contributed by atoms with van der Waals surface area (Å²) in [5.41, 5.74) is 1.16. The number of nitrogens with zero attached hydrogens (tertiary/aromatic N) is 1. The van der Waals surface area contributed by atoms with E-state index in [-0.39, 0.29) is 17.8 Å². The molecule has 0 fully saturated rings. The molecule has 1 atom stereocenters. The fourth-order valence-corrected chi connectivity index (χ4v) is 1.95. The molecule has 0 aliphatic carbocycles. The van der Waals surface area contributed by atoms with Gasteiger partial charge in [-0.1, -0.05) is 30.3 Å². The van der Waals surface area contributed by atoms with Gasteiger partial charge < -0.3 is 4.90 Å². The first-order valence-corrected chi connectivity index (χ1v) is 5.64. The number of hydrogen-bond donors (Lipinski definition) is 0. The Balaban J connectivity index is 0.00000196. The van der Waals surface area contributed by atoms with Crippen molar-refractivity contribution >= 4 is 35.6 Å². The lowest BCUT2D eigenvalue weighted by atomic mass is 10.1. The van der Waals surface area contributed by atoms with Gasteiger partial charge in [-0.2, -0.15) is 0 Å². The Labute approximate surface area is 108 Å². The molecule has 0 aliphatic heterocycles. The molecule has 15 heavy (non-hydrogen) atoms. The first-order chi connectivity index (χ1) is 6.74. The van der Waals surface area contributed by atoms with Crippen molar-refractivity contribution in [3.8, 4) is 0 Å². The molecule has 86 valence electrons. The minimum absolute atomic E-state index is 0. The average Bonchev–Trinajstić information content (AvgIpc) is 2.19. The van der Waals surface area contributed by atoms with Crippen LogP contribution in [-0.2, 0) is 0 Å². The zero-order valence-corrected chi connectivity index (χ0v) is 11.0. The highest BCUT2D eigenvalue weighted by Gasteiger charge is 2.09. The summed E-state index contributed by atoms with van der Waals surface area (Å²) < 4.78 is 0. The summed E-state index contributed by atoms with van der Waals surface area (Å²) in [7, 11) is 2.03. The summed E-state index contributed by atoms with van der Waals surface area (Å²) in [5.74, 6) is 0.648. The number of benzene rings is 1. The molecule has 1 rings (SSSR count). The number of halogens is 3. The van der Waals surface area contributed by atoms with E-state index < -0.39 is 0 Å². The fourth-order valence-electron chi connectivity index (χ4n) is 1.28. The van der Waals surface area contributed by atoms with Gasteiger partial charge >= 0.3 is 0 Å². The molecule has 4 heteroatoms. The van der Waals surface area contributed by atoms with Gasteiger partial charge in [0.25, 0.3) is 0 Å². The quantitative estimate of drug-likeness (QED) is 0.738. The molecular formula is C11H16Cl3N. The van der Waals surface area contributed by atoms with Gasteiger partial charge in [-0.25, -0.2) is 0 Å². The number of rotatable bonds is 5. The van der Waals surface area contributed by atoms with Crippen molar-refractivity contribution in [2.45, 2.75) is 5.38 Å². The van der Waals surface area contributed by atoms with Crippen LogP contribution in [0.1, 0.15) is 10.9 Å². The van der Waals surface area contributed by atoms with E-state index >= 15 is 0 Å². The highest BCUT2D eigenvalue weighted by Crippen LogP contribution is 2.20. The van der Waals surface area contributed by atoms with Crippen LogP contribution in [0.15, 0.2) is 30.3 Å². The maximum absolute atomic E-state index is 6.25. The van der Waals surface area contributed by atoms with Gasteiger partial charge in [0, 0.05) is 19.0 Å². The normalized spacial score (nSPS) is 12.3. The van der Waals surface area contributed by atoms with Crippen LogP contribution in [0, 0.1) is 0 Å². The third-order valence-electron chi connectivity index (χ3n) is 2.10. The van der Waals surface area contributed by atoms with E-state index in [1.165, 1.54) is 0 Å². The van der Waals surface area contributed by atoms with Gasteiger partial charge in [0.05, 0.1) is 5.38 Å². The fraction of sp³-hybridized carbons (Fsp3) is 0.455. The number of hydrogen-bond acceptors (Lipinski definition) is 1. The second kappa shape index (κ2) is 8.23. The predicted octanol–water partition coefficient (Wildman–Crippen LogP) is 3.56. The highest BCUT2D eigenvalue weighted by atomic mass is 35.5. The Kier molecular flexibility index (Phi) is 8.26. The lowest BCUT2D eigenvalue weighted by Crippen LogP contribution is -2.24. The largest absolute Gasteiger partial charge is 0.303 e. The molecule has 1 unspecified atom stereocenters. The third kappa shape index (κ3) is 5.62. The van der Waals surface area contributed by atoms with Crippen LogP contribution >= 0.6 is 35.6 Å². The van der Waals surface area contributed by atoms with E-state index in [4.69, 9.17) is 23.2 Å². The Morgan fingerprint density at radius 3 is 2.40 bits per heavy atom. The molecule has 1 nitrogen and oxygen atoms in total. The van der Waals surface area contributed by atoms with Crippen molar-refractivity contribution in [3.63, 3.8) is 0 Å². The van der Waals surface area contributed by atoms with E-state index in [0.717, 1.165) is 18.7 Å². The minimum atomic E-state index is 0. The van der Waals surface area contributed by atoms with Gasteiger partial charge in [-0.15, -0.1) is 35.6 Å². The lowest BCUT2D eigenvalue weighted by molar-refractivity contribution is 0.355. The van der Waals surface area contributed by atoms with Crippen molar-refractivity contribution in [2.24, 2.45) is 0 Å². The summed E-state index contributed by atoms with van der Waals surface area (Å²) in [6.07, 6.45) is 0. The van der Waals surface area contributed by atoms with Crippen LogP contribution in [-0.4, -0.2) is 30.9 Å². The molecule has 1 aromatic carbocycles. The van der Waals surface area contributed by atoms with E-state index in [1.807, 2.05) is 37.4 Å². The number of likely N-dealkylation sites (N-methyl/N-ethyl adjacent to an activating group) is 1. The van der Waals surface area contributed by atoms with Crippen LogP contribution in [0.4, 0.5) is 0 Å². The van der Waals surface area contributed by atoms with Gasteiger partial charge in [0.2, 0.25) is 0 Å². The smallest absolute Gasteiger partial charge is 0.0712 e. The average molecular weight is 269 g/mol. The van der Waals surface area contributed by atoms with Crippen molar-refractivity contribution in [3.05, 3.63) is 35.9 Å². The van der Waals surface area contributed by atoms with Crippen molar-refractivity contribution in [1.82, 2.24) is 4.90 Å². The van der Waals surface area contributed by atoms with Crippen LogP contribution in [0.3, 0.4) is 0 Å². The standard InChI is InChI=1S/C11H15Cl2N.ClH/c1-14(8-7-12)9-11(13)10-5-3-2-4-6-10;/h2-6,11H,7-9H2,1H3;1H. The SMILES string of the molecule is CN(CCCl)CC(Cl)c1ccccc1.Cl. The molecule has 0 bridgehead atoms. The first kappa shape index (κ1) is 15.0. The molecule has 0 saturated carbocycles. The van der Waals surface area contributed by atoms with E-state index in [2.05, 4.69) is 4.90 Å².